The van der Waals surface area contributed by atoms with Crippen molar-refractivity contribution in [3.63, 3.8) is 0 Å². The average molecular weight is 335 g/mol. The second-order valence-electron chi connectivity index (χ2n) is 6.62. The van der Waals surface area contributed by atoms with Gasteiger partial charge in [-0.2, -0.15) is 0 Å². The highest BCUT2D eigenvalue weighted by molar-refractivity contribution is 5.92. The van der Waals surface area contributed by atoms with Crippen molar-refractivity contribution >= 4 is 22.6 Å². The molecule has 3 aromatic rings. The molecule has 0 bridgehead atoms. The van der Waals surface area contributed by atoms with Crippen molar-refractivity contribution in [3.8, 4) is 0 Å². The molecule has 1 aromatic heterocycles. The number of quaternary nitrogens is 1. The molecule has 0 saturated carbocycles. The van der Waals surface area contributed by atoms with Crippen molar-refractivity contribution < 1.29 is 9.69 Å². The normalized spacial score (nSPS) is 16.6. The summed E-state index contributed by atoms with van der Waals surface area (Å²) < 4.78 is 2.31. The number of aromatic nitrogens is 2. The zero-order chi connectivity index (χ0) is 17.2. The smallest absolute Gasteiger partial charge is 0.224 e. The third-order valence-electron chi connectivity index (χ3n) is 4.83. The van der Waals surface area contributed by atoms with Crippen molar-refractivity contribution in [2.24, 2.45) is 0 Å². The van der Waals surface area contributed by atoms with E-state index in [9.17, 15) is 4.79 Å². The van der Waals surface area contributed by atoms with Crippen LogP contribution < -0.4 is 10.2 Å². The van der Waals surface area contributed by atoms with E-state index in [4.69, 9.17) is 4.98 Å². The predicted octanol–water partition coefficient (Wildman–Crippen LogP) is 1.98. The Morgan fingerprint density at radius 1 is 1.24 bits per heavy atom. The number of nitrogens with zero attached hydrogens (tertiary/aromatic N) is 2. The number of fused-ring (bicyclic) bond motifs is 3. The number of rotatable bonds is 4. The molecule has 5 nitrogen and oxygen atoms in total. The molecule has 1 aliphatic rings. The number of hydrogen-bond donors (Lipinski definition) is 2. The van der Waals surface area contributed by atoms with Gasteiger partial charge in [0.25, 0.3) is 0 Å². The van der Waals surface area contributed by atoms with Crippen molar-refractivity contribution in [2.45, 2.75) is 33.0 Å². The molecule has 2 heterocycles. The zero-order valence-electron chi connectivity index (χ0n) is 14.5. The highest BCUT2D eigenvalue weighted by Gasteiger charge is 2.23. The van der Waals surface area contributed by atoms with Crippen LogP contribution in [0.2, 0.25) is 0 Å². The van der Waals surface area contributed by atoms with Gasteiger partial charge in [0.2, 0.25) is 5.91 Å². The molecular weight excluding hydrogens is 312 g/mol. The zero-order valence-corrected chi connectivity index (χ0v) is 14.5. The molecule has 0 spiro atoms. The van der Waals surface area contributed by atoms with E-state index in [0.717, 1.165) is 48.7 Å². The van der Waals surface area contributed by atoms with Gasteiger partial charge >= 0.3 is 0 Å². The Balaban J connectivity index is 1.56. The molecular formula is C20H23N4O+. The summed E-state index contributed by atoms with van der Waals surface area (Å²) >= 11 is 0. The monoisotopic (exact) mass is 335 g/mol. The summed E-state index contributed by atoms with van der Waals surface area (Å²) in [7, 11) is 0. The van der Waals surface area contributed by atoms with Crippen LogP contribution in [0.25, 0.3) is 11.0 Å². The van der Waals surface area contributed by atoms with E-state index < -0.39 is 0 Å². The van der Waals surface area contributed by atoms with Gasteiger partial charge in [-0.05, 0) is 18.2 Å². The van der Waals surface area contributed by atoms with E-state index in [1.807, 2.05) is 19.1 Å². The number of carbonyl (C=O) groups excluding carboxylic acids is 1. The number of amides is 1. The molecule has 2 N–H and O–H groups in total. The molecule has 4 rings (SSSR count). The van der Waals surface area contributed by atoms with Crippen LogP contribution >= 0.6 is 0 Å². The summed E-state index contributed by atoms with van der Waals surface area (Å²) in [6.07, 6.45) is 0.482. The third kappa shape index (κ3) is 3.28. The van der Waals surface area contributed by atoms with Gasteiger partial charge in [-0.25, -0.2) is 4.98 Å². The number of benzene rings is 2. The van der Waals surface area contributed by atoms with Crippen molar-refractivity contribution in [2.75, 3.05) is 11.9 Å². The minimum atomic E-state index is 0.0294. The number of nitrogens with one attached hydrogen (secondary N) is 2. The average Bonchev–Trinajstić information content (AvgIpc) is 2.99. The lowest BCUT2D eigenvalue weighted by molar-refractivity contribution is -0.932. The summed E-state index contributed by atoms with van der Waals surface area (Å²) in [4.78, 5) is 18.0. The maximum absolute atomic E-state index is 11.6. The molecule has 5 heteroatoms. The minimum absolute atomic E-state index is 0.0294. The first kappa shape index (κ1) is 15.8. The Kier molecular flexibility index (Phi) is 4.24. The number of anilines is 1. The molecule has 0 saturated heterocycles. The highest BCUT2D eigenvalue weighted by Crippen LogP contribution is 2.21. The summed E-state index contributed by atoms with van der Waals surface area (Å²) in [5.41, 5.74) is 4.31. The van der Waals surface area contributed by atoms with Crippen LogP contribution in [-0.4, -0.2) is 22.0 Å². The topological polar surface area (TPSA) is 51.4 Å². The third-order valence-corrected chi connectivity index (χ3v) is 4.83. The van der Waals surface area contributed by atoms with E-state index in [0.29, 0.717) is 6.42 Å². The molecule has 0 aliphatic carbocycles. The van der Waals surface area contributed by atoms with Crippen LogP contribution in [0.5, 0.6) is 0 Å². The lowest BCUT2D eigenvalue weighted by Crippen LogP contribution is -3.10. The van der Waals surface area contributed by atoms with E-state index in [-0.39, 0.29) is 5.91 Å². The molecule has 25 heavy (non-hydrogen) atoms. The number of imidazole rings is 1. The maximum Gasteiger partial charge on any atom is 0.224 e. The predicted molar refractivity (Wildman–Crippen MR) is 98.3 cm³/mol. The Hall–Kier alpha value is -2.66. The fourth-order valence-electron chi connectivity index (χ4n) is 3.51. The fraction of sp³-hybridized carbons (Fsp3) is 0.300. The van der Waals surface area contributed by atoms with Crippen molar-refractivity contribution in [3.05, 3.63) is 59.9 Å². The molecule has 128 valence electrons. The molecule has 1 amide bonds. The molecule has 1 atom stereocenters. The van der Waals surface area contributed by atoms with Gasteiger partial charge in [0.05, 0.1) is 24.1 Å². The van der Waals surface area contributed by atoms with E-state index >= 15 is 0 Å². The Bertz CT molecular complexity index is 901. The van der Waals surface area contributed by atoms with Crippen molar-refractivity contribution in [1.82, 2.24) is 9.55 Å². The second-order valence-corrected chi connectivity index (χ2v) is 6.62. The summed E-state index contributed by atoms with van der Waals surface area (Å²) in [5.74, 6) is 1.16. The SMILES string of the molecule is CCC(=O)Nc1ccc2c(c1)nc1n2CC[NH+](Cc2ccccc2)C1. The van der Waals surface area contributed by atoms with Gasteiger partial charge in [-0.15, -0.1) is 0 Å². The lowest BCUT2D eigenvalue weighted by atomic mass is 10.2. The second kappa shape index (κ2) is 6.69. The van der Waals surface area contributed by atoms with Gasteiger partial charge < -0.3 is 14.8 Å². The summed E-state index contributed by atoms with van der Waals surface area (Å²) in [5, 5.41) is 2.91. The Morgan fingerprint density at radius 3 is 2.88 bits per heavy atom. The molecule has 2 aromatic carbocycles. The van der Waals surface area contributed by atoms with Crippen LogP contribution in [0, 0.1) is 0 Å². The minimum Gasteiger partial charge on any atom is -0.326 e. The van der Waals surface area contributed by atoms with E-state index in [1.165, 1.54) is 10.5 Å². The highest BCUT2D eigenvalue weighted by atomic mass is 16.1. The fourth-order valence-corrected chi connectivity index (χ4v) is 3.51. The van der Waals surface area contributed by atoms with E-state index in [2.05, 4.69) is 46.3 Å². The van der Waals surface area contributed by atoms with Gasteiger partial charge in [0.15, 0.2) is 5.82 Å². The number of carbonyl (C=O) groups is 1. The molecule has 0 radical (unpaired) electrons. The quantitative estimate of drug-likeness (QED) is 0.766. The van der Waals surface area contributed by atoms with Gasteiger partial charge in [-0.3, -0.25) is 4.79 Å². The van der Waals surface area contributed by atoms with Crippen LogP contribution in [0.3, 0.4) is 0 Å². The lowest BCUT2D eigenvalue weighted by Gasteiger charge is -2.25. The van der Waals surface area contributed by atoms with Gasteiger partial charge in [-0.1, -0.05) is 37.3 Å². The largest absolute Gasteiger partial charge is 0.326 e. The Morgan fingerprint density at radius 2 is 2.08 bits per heavy atom. The van der Waals surface area contributed by atoms with Crippen LogP contribution in [0.4, 0.5) is 5.69 Å². The molecule has 0 fully saturated rings. The van der Waals surface area contributed by atoms with Crippen LogP contribution in [0.1, 0.15) is 24.7 Å². The summed E-state index contributed by atoms with van der Waals surface area (Å²) in [6.45, 7) is 5.89. The van der Waals surface area contributed by atoms with Crippen LogP contribution in [-0.2, 0) is 24.4 Å². The van der Waals surface area contributed by atoms with Gasteiger partial charge in [0.1, 0.15) is 13.1 Å². The van der Waals surface area contributed by atoms with Crippen LogP contribution in [0.15, 0.2) is 48.5 Å². The summed E-state index contributed by atoms with van der Waals surface area (Å²) in [6, 6.07) is 16.6. The molecule has 1 unspecified atom stereocenters. The van der Waals surface area contributed by atoms with E-state index in [1.54, 1.807) is 0 Å². The first-order chi connectivity index (χ1) is 12.2. The number of hydrogen-bond acceptors (Lipinski definition) is 2. The maximum atomic E-state index is 11.6. The van der Waals surface area contributed by atoms with Gasteiger partial charge in [0, 0.05) is 17.7 Å². The molecule has 1 aliphatic heterocycles. The first-order valence-corrected chi connectivity index (χ1v) is 8.89. The Labute approximate surface area is 147 Å². The standard InChI is InChI=1S/C20H22N4O/c1-2-20(25)21-16-8-9-18-17(12-16)22-19-14-23(10-11-24(18)19)13-15-6-4-3-5-7-15/h3-9,12H,2,10-11,13-14H2,1H3,(H,21,25)/p+1. The van der Waals surface area contributed by atoms with Crippen molar-refractivity contribution in [1.29, 1.82) is 0 Å². The first-order valence-electron chi connectivity index (χ1n) is 8.89.